The molecule has 0 amide bonds. The number of aldehydes is 1. The van der Waals surface area contributed by atoms with Crippen molar-refractivity contribution in [3.8, 4) is 0 Å². The standard InChI is InChI=1S/C12H13NO5/c1-8-4-9(7-14)2-3-10(8)13(5-11(15)16)6-12(17)18/h2-4,7H,5-6H2,1H3,(H,15,16)(H,17,18). The van der Waals surface area contributed by atoms with Gasteiger partial charge in [0.25, 0.3) is 0 Å². The van der Waals surface area contributed by atoms with Gasteiger partial charge in [0.05, 0.1) is 0 Å². The number of nitrogens with zero attached hydrogens (tertiary/aromatic N) is 1. The fourth-order valence-electron chi connectivity index (χ4n) is 1.66. The maximum Gasteiger partial charge on any atom is 0.323 e. The molecule has 0 bridgehead atoms. The number of carboxylic acid groups (broad SMARTS) is 2. The van der Waals surface area contributed by atoms with Crippen LogP contribution in [0, 0.1) is 6.92 Å². The fraction of sp³-hybridized carbons (Fsp3) is 0.250. The summed E-state index contributed by atoms with van der Waals surface area (Å²) < 4.78 is 0. The molecule has 18 heavy (non-hydrogen) atoms. The van der Waals surface area contributed by atoms with E-state index in [1.807, 2.05) is 0 Å². The van der Waals surface area contributed by atoms with Crippen LogP contribution < -0.4 is 4.90 Å². The highest BCUT2D eigenvalue weighted by Crippen LogP contribution is 2.20. The lowest BCUT2D eigenvalue weighted by Gasteiger charge is -2.22. The number of benzene rings is 1. The molecule has 1 aromatic rings. The normalized spacial score (nSPS) is 9.83. The van der Waals surface area contributed by atoms with Crippen LogP contribution in [0.5, 0.6) is 0 Å². The Labute approximate surface area is 103 Å². The molecule has 0 unspecified atom stereocenters. The summed E-state index contributed by atoms with van der Waals surface area (Å²) in [6, 6.07) is 4.65. The number of hydrogen-bond acceptors (Lipinski definition) is 4. The number of anilines is 1. The lowest BCUT2D eigenvalue weighted by atomic mass is 10.1. The van der Waals surface area contributed by atoms with Crippen LogP contribution in [0.25, 0.3) is 0 Å². The Hall–Kier alpha value is -2.37. The second-order valence-electron chi connectivity index (χ2n) is 3.81. The van der Waals surface area contributed by atoms with E-state index in [4.69, 9.17) is 10.2 Å². The van der Waals surface area contributed by atoms with Crippen LogP contribution in [0.1, 0.15) is 15.9 Å². The lowest BCUT2D eigenvalue weighted by Crippen LogP contribution is -2.34. The van der Waals surface area contributed by atoms with Crippen molar-refractivity contribution in [3.63, 3.8) is 0 Å². The molecule has 0 radical (unpaired) electrons. The number of hydrogen-bond donors (Lipinski definition) is 2. The van der Waals surface area contributed by atoms with Gasteiger partial charge in [-0.1, -0.05) is 0 Å². The van der Waals surface area contributed by atoms with Crippen molar-refractivity contribution < 1.29 is 24.6 Å². The van der Waals surface area contributed by atoms with Crippen LogP contribution in [0.4, 0.5) is 5.69 Å². The van der Waals surface area contributed by atoms with E-state index in [2.05, 4.69) is 0 Å². The molecule has 0 aliphatic carbocycles. The molecule has 96 valence electrons. The van der Waals surface area contributed by atoms with Crippen molar-refractivity contribution >= 4 is 23.9 Å². The monoisotopic (exact) mass is 251 g/mol. The third-order valence-corrected chi connectivity index (χ3v) is 2.35. The van der Waals surface area contributed by atoms with E-state index >= 15 is 0 Å². The van der Waals surface area contributed by atoms with Crippen molar-refractivity contribution in [1.29, 1.82) is 0 Å². The molecular formula is C12H13NO5. The van der Waals surface area contributed by atoms with Crippen molar-refractivity contribution in [2.45, 2.75) is 6.92 Å². The molecule has 0 aromatic heterocycles. The Morgan fingerprint density at radius 3 is 2.17 bits per heavy atom. The molecule has 0 aliphatic heterocycles. The Kier molecular flexibility index (Phi) is 4.42. The maximum absolute atomic E-state index is 10.7. The summed E-state index contributed by atoms with van der Waals surface area (Å²) >= 11 is 0. The van der Waals surface area contributed by atoms with E-state index in [9.17, 15) is 14.4 Å². The molecule has 0 aliphatic rings. The topological polar surface area (TPSA) is 94.9 Å². The number of aryl methyl sites for hydroxylation is 1. The molecule has 0 saturated heterocycles. The molecule has 0 spiro atoms. The minimum Gasteiger partial charge on any atom is -0.480 e. The first-order chi connectivity index (χ1) is 8.43. The first-order valence-corrected chi connectivity index (χ1v) is 5.18. The molecule has 6 heteroatoms. The van der Waals surface area contributed by atoms with Crippen LogP contribution in [-0.4, -0.2) is 41.5 Å². The van der Waals surface area contributed by atoms with Crippen molar-refractivity contribution in [3.05, 3.63) is 29.3 Å². The summed E-state index contributed by atoms with van der Waals surface area (Å²) in [5, 5.41) is 17.5. The third-order valence-electron chi connectivity index (χ3n) is 2.35. The predicted octanol–water partition coefficient (Wildman–Crippen LogP) is 0.783. The van der Waals surface area contributed by atoms with Gasteiger partial charge in [0, 0.05) is 11.3 Å². The van der Waals surface area contributed by atoms with Crippen molar-refractivity contribution in [1.82, 2.24) is 0 Å². The first kappa shape index (κ1) is 13.7. The summed E-state index contributed by atoms with van der Waals surface area (Å²) in [5.74, 6) is -2.23. The minimum absolute atomic E-state index is 0.409. The Morgan fingerprint density at radius 1 is 1.22 bits per heavy atom. The molecule has 0 saturated carbocycles. The largest absolute Gasteiger partial charge is 0.480 e. The van der Waals surface area contributed by atoms with Gasteiger partial charge >= 0.3 is 11.9 Å². The average molecular weight is 251 g/mol. The highest BCUT2D eigenvalue weighted by molar-refractivity contribution is 5.82. The van der Waals surface area contributed by atoms with Gasteiger partial charge < -0.3 is 15.1 Å². The van der Waals surface area contributed by atoms with E-state index in [1.165, 1.54) is 11.0 Å². The Bertz CT molecular complexity index is 467. The van der Waals surface area contributed by atoms with Gasteiger partial charge in [-0.2, -0.15) is 0 Å². The third kappa shape index (κ3) is 3.58. The molecule has 0 heterocycles. The van der Waals surface area contributed by atoms with Crippen LogP contribution in [0.15, 0.2) is 18.2 Å². The minimum atomic E-state index is -1.12. The van der Waals surface area contributed by atoms with Gasteiger partial charge in [-0.3, -0.25) is 14.4 Å². The SMILES string of the molecule is Cc1cc(C=O)ccc1N(CC(=O)O)CC(=O)O. The second-order valence-corrected chi connectivity index (χ2v) is 3.81. The quantitative estimate of drug-likeness (QED) is 0.725. The van der Waals surface area contributed by atoms with Gasteiger partial charge in [0.15, 0.2) is 0 Å². The van der Waals surface area contributed by atoms with Gasteiger partial charge in [0.1, 0.15) is 19.4 Å². The van der Waals surface area contributed by atoms with Gasteiger partial charge in [0.2, 0.25) is 0 Å². The molecule has 0 fully saturated rings. The zero-order valence-electron chi connectivity index (χ0n) is 9.79. The maximum atomic E-state index is 10.7. The van der Waals surface area contributed by atoms with Crippen LogP contribution in [0.2, 0.25) is 0 Å². The lowest BCUT2D eigenvalue weighted by molar-refractivity contribution is -0.136. The zero-order valence-corrected chi connectivity index (χ0v) is 9.79. The van der Waals surface area contributed by atoms with Gasteiger partial charge in [-0.25, -0.2) is 0 Å². The molecule has 2 N–H and O–H groups in total. The summed E-state index contributed by atoms with van der Waals surface area (Å²) in [6.07, 6.45) is 0.676. The van der Waals surface area contributed by atoms with Crippen molar-refractivity contribution in [2.75, 3.05) is 18.0 Å². The summed E-state index contributed by atoms with van der Waals surface area (Å²) in [5.41, 5.74) is 1.61. The summed E-state index contributed by atoms with van der Waals surface area (Å²) in [7, 11) is 0. The van der Waals surface area contributed by atoms with Crippen LogP contribution in [0.3, 0.4) is 0 Å². The number of aliphatic carboxylic acids is 2. The van der Waals surface area contributed by atoms with E-state index in [1.54, 1.807) is 19.1 Å². The van der Waals surface area contributed by atoms with Crippen LogP contribution in [-0.2, 0) is 9.59 Å². The highest BCUT2D eigenvalue weighted by Gasteiger charge is 2.16. The second kappa shape index (κ2) is 5.81. The van der Waals surface area contributed by atoms with Gasteiger partial charge in [-0.05, 0) is 30.7 Å². The number of carbonyl (C=O) groups excluding carboxylic acids is 1. The number of carboxylic acids is 2. The molecule has 1 rings (SSSR count). The average Bonchev–Trinajstić information content (AvgIpc) is 2.26. The number of rotatable bonds is 6. The van der Waals surface area contributed by atoms with E-state index in [-0.39, 0.29) is 0 Å². The van der Waals surface area contributed by atoms with E-state index in [0.29, 0.717) is 23.1 Å². The smallest absolute Gasteiger partial charge is 0.323 e. The Balaban J connectivity index is 3.07. The fourth-order valence-corrected chi connectivity index (χ4v) is 1.66. The van der Waals surface area contributed by atoms with Crippen LogP contribution >= 0.6 is 0 Å². The summed E-state index contributed by atoms with van der Waals surface area (Å²) in [6.45, 7) is 0.875. The molecule has 1 aromatic carbocycles. The number of carbonyl (C=O) groups is 3. The molecule has 0 atom stereocenters. The van der Waals surface area contributed by atoms with E-state index < -0.39 is 25.0 Å². The zero-order chi connectivity index (χ0) is 13.7. The predicted molar refractivity (Wildman–Crippen MR) is 64.1 cm³/mol. The van der Waals surface area contributed by atoms with E-state index in [0.717, 1.165) is 0 Å². The highest BCUT2D eigenvalue weighted by atomic mass is 16.4. The van der Waals surface area contributed by atoms with Gasteiger partial charge in [-0.15, -0.1) is 0 Å². The molecule has 6 nitrogen and oxygen atoms in total. The Morgan fingerprint density at radius 2 is 1.78 bits per heavy atom. The van der Waals surface area contributed by atoms with Crippen molar-refractivity contribution in [2.24, 2.45) is 0 Å². The molecular weight excluding hydrogens is 238 g/mol. The first-order valence-electron chi connectivity index (χ1n) is 5.18. The summed E-state index contributed by atoms with van der Waals surface area (Å²) in [4.78, 5) is 33.2.